The lowest BCUT2D eigenvalue weighted by molar-refractivity contribution is -0.135. The molecule has 2 aromatic rings. The van der Waals surface area contributed by atoms with E-state index in [4.69, 9.17) is 34.8 Å². The zero-order chi connectivity index (χ0) is 22.5. The Hall–Kier alpha value is -2.12. The second-order valence-corrected chi connectivity index (χ2v) is 10.1. The molecule has 4 aliphatic rings. The Labute approximate surface area is 199 Å². The van der Waals surface area contributed by atoms with Gasteiger partial charge in [0.2, 0.25) is 17.7 Å². The Morgan fingerprint density at radius 2 is 1.81 bits per heavy atom. The van der Waals surface area contributed by atoms with Crippen molar-refractivity contribution in [1.29, 1.82) is 0 Å². The summed E-state index contributed by atoms with van der Waals surface area (Å²) in [7, 11) is 0. The minimum atomic E-state index is -1.24. The second-order valence-electron chi connectivity index (χ2n) is 8.83. The van der Waals surface area contributed by atoms with Gasteiger partial charge in [-0.1, -0.05) is 40.9 Å². The number of halogens is 3. The van der Waals surface area contributed by atoms with Crippen molar-refractivity contribution in [2.75, 3.05) is 16.8 Å². The van der Waals surface area contributed by atoms with Gasteiger partial charge in [-0.2, -0.15) is 0 Å². The molecule has 4 atom stereocenters. The molecule has 164 valence electrons. The summed E-state index contributed by atoms with van der Waals surface area (Å²) < 4.78 is 0. The molecule has 0 aliphatic carbocycles. The highest BCUT2D eigenvalue weighted by Gasteiger charge is 2.74. The van der Waals surface area contributed by atoms with Gasteiger partial charge in [-0.15, -0.1) is 0 Å². The highest BCUT2D eigenvalue weighted by Crippen LogP contribution is 2.61. The zero-order valence-electron chi connectivity index (χ0n) is 17.0. The number of imide groups is 1. The Morgan fingerprint density at radius 3 is 2.56 bits per heavy atom. The van der Waals surface area contributed by atoms with Gasteiger partial charge in [0.25, 0.3) is 0 Å². The predicted octanol–water partition coefficient (Wildman–Crippen LogP) is 4.39. The van der Waals surface area contributed by atoms with Gasteiger partial charge in [0, 0.05) is 21.7 Å². The van der Waals surface area contributed by atoms with Crippen LogP contribution in [0.4, 0.5) is 11.4 Å². The number of carbonyl (C=O) groups excluding carboxylic acids is 3. The highest BCUT2D eigenvalue weighted by atomic mass is 35.5. The number of nitrogens with zero attached hydrogens (tertiary/aromatic N) is 2. The van der Waals surface area contributed by atoms with Crippen LogP contribution in [-0.2, 0) is 19.9 Å². The van der Waals surface area contributed by atoms with Gasteiger partial charge in [-0.3, -0.25) is 19.3 Å². The third-order valence-corrected chi connectivity index (χ3v) is 8.46. The molecule has 0 bridgehead atoms. The summed E-state index contributed by atoms with van der Waals surface area (Å²) in [6.45, 7) is 2.49. The van der Waals surface area contributed by atoms with Crippen LogP contribution in [0.3, 0.4) is 0 Å². The fraction of sp³-hybridized carbons (Fsp3) is 0.348. The number of nitrogens with one attached hydrogen (secondary N) is 1. The molecule has 9 heteroatoms. The molecule has 3 fully saturated rings. The van der Waals surface area contributed by atoms with E-state index in [9.17, 15) is 14.4 Å². The van der Waals surface area contributed by atoms with Crippen molar-refractivity contribution in [3.05, 3.63) is 56.5 Å². The van der Waals surface area contributed by atoms with Gasteiger partial charge < -0.3 is 5.32 Å². The summed E-state index contributed by atoms with van der Waals surface area (Å²) in [5.41, 5.74) is 1.16. The maximum Gasteiger partial charge on any atom is 0.250 e. The van der Waals surface area contributed by atoms with Crippen LogP contribution in [0.1, 0.15) is 24.0 Å². The number of anilines is 2. The van der Waals surface area contributed by atoms with E-state index in [1.54, 1.807) is 18.2 Å². The average molecular weight is 491 g/mol. The van der Waals surface area contributed by atoms with Gasteiger partial charge in [-0.05, 0) is 56.1 Å². The first-order chi connectivity index (χ1) is 15.3. The molecule has 6 nitrogen and oxygen atoms in total. The van der Waals surface area contributed by atoms with E-state index in [1.807, 2.05) is 13.0 Å². The van der Waals surface area contributed by atoms with Crippen molar-refractivity contribution in [2.24, 2.45) is 11.8 Å². The van der Waals surface area contributed by atoms with Crippen molar-refractivity contribution in [3.63, 3.8) is 0 Å². The first-order valence-corrected chi connectivity index (χ1v) is 11.6. The Kier molecular flexibility index (Phi) is 4.29. The number of benzene rings is 2. The third kappa shape index (κ3) is 2.29. The van der Waals surface area contributed by atoms with Crippen LogP contribution in [-0.4, -0.2) is 35.2 Å². The van der Waals surface area contributed by atoms with Crippen molar-refractivity contribution >= 4 is 63.9 Å². The monoisotopic (exact) mass is 489 g/mol. The van der Waals surface area contributed by atoms with Crippen molar-refractivity contribution in [3.8, 4) is 0 Å². The second kappa shape index (κ2) is 6.70. The summed E-state index contributed by atoms with van der Waals surface area (Å²) in [5, 5.41) is 4.15. The molecule has 3 saturated heterocycles. The number of hydrogen-bond donors (Lipinski definition) is 1. The maximum atomic E-state index is 13.9. The van der Waals surface area contributed by atoms with E-state index in [2.05, 4.69) is 10.2 Å². The lowest BCUT2D eigenvalue weighted by Gasteiger charge is -2.36. The van der Waals surface area contributed by atoms with Crippen molar-refractivity contribution in [2.45, 2.75) is 31.3 Å². The number of carbonyl (C=O) groups is 3. The van der Waals surface area contributed by atoms with E-state index >= 15 is 0 Å². The fourth-order valence-electron chi connectivity index (χ4n) is 6.29. The lowest BCUT2D eigenvalue weighted by Crippen LogP contribution is -2.54. The summed E-state index contributed by atoms with van der Waals surface area (Å²) in [4.78, 5) is 44.5. The van der Waals surface area contributed by atoms with Crippen molar-refractivity contribution in [1.82, 2.24) is 4.90 Å². The number of amides is 3. The maximum absolute atomic E-state index is 13.9. The Bertz CT molecular complexity index is 1250. The number of hydrogen-bond acceptors (Lipinski definition) is 4. The molecule has 1 N–H and O–H groups in total. The predicted molar refractivity (Wildman–Crippen MR) is 122 cm³/mol. The topological polar surface area (TPSA) is 69.7 Å². The molecule has 1 spiro atoms. The summed E-state index contributed by atoms with van der Waals surface area (Å²) >= 11 is 18.7. The fourth-order valence-corrected chi connectivity index (χ4v) is 6.94. The van der Waals surface area contributed by atoms with Gasteiger partial charge in [0.05, 0.1) is 28.2 Å². The van der Waals surface area contributed by atoms with E-state index < -0.39 is 23.3 Å². The highest BCUT2D eigenvalue weighted by molar-refractivity contribution is 6.38. The van der Waals surface area contributed by atoms with Gasteiger partial charge >= 0.3 is 0 Å². The first-order valence-electron chi connectivity index (χ1n) is 10.5. The quantitative estimate of drug-likeness (QED) is 0.602. The van der Waals surface area contributed by atoms with Crippen LogP contribution < -0.4 is 10.2 Å². The molecule has 6 rings (SSSR count). The lowest BCUT2D eigenvalue weighted by atomic mass is 9.75. The molecule has 0 unspecified atom stereocenters. The molecule has 0 saturated carbocycles. The number of fused-ring (bicyclic) bond motifs is 7. The number of rotatable bonds is 1. The summed E-state index contributed by atoms with van der Waals surface area (Å²) in [6.07, 6.45) is 1.60. The van der Waals surface area contributed by atoms with Crippen LogP contribution in [0.5, 0.6) is 0 Å². The van der Waals surface area contributed by atoms with Crippen molar-refractivity contribution < 1.29 is 14.4 Å². The minimum absolute atomic E-state index is 0.194. The zero-order valence-corrected chi connectivity index (χ0v) is 19.3. The van der Waals surface area contributed by atoms with Crippen LogP contribution in [0.15, 0.2) is 30.3 Å². The summed E-state index contributed by atoms with van der Waals surface area (Å²) in [5.74, 6) is -2.46. The molecule has 3 amide bonds. The van der Waals surface area contributed by atoms with Gasteiger partial charge in [0.1, 0.15) is 5.54 Å². The van der Waals surface area contributed by atoms with Gasteiger partial charge in [0.15, 0.2) is 0 Å². The van der Waals surface area contributed by atoms with E-state index in [0.717, 1.165) is 23.3 Å². The molecule has 4 heterocycles. The standard InChI is InChI=1S/C23H18Cl3N3O3/c1-10-13(25)6-5-12-19(10)27-22(32)23(12)18-17(16-3-2-8-28(16)23)20(30)29(21(18)31)15-7-4-11(24)9-14(15)26/h4-7,9,16-18H,2-3,8H2,1H3,(H,27,32)/t16-,17+,18+,23+/m1/s1. The summed E-state index contributed by atoms with van der Waals surface area (Å²) in [6, 6.07) is 8.06. The average Bonchev–Trinajstić information content (AvgIpc) is 3.45. The largest absolute Gasteiger partial charge is 0.324 e. The smallest absolute Gasteiger partial charge is 0.250 e. The molecular weight excluding hydrogens is 473 g/mol. The molecule has 2 aromatic carbocycles. The Morgan fingerprint density at radius 1 is 1.03 bits per heavy atom. The third-order valence-electron chi connectivity index (χ3n) is 7.51. The molecule has 4 aliphatic heterocycles. The van der Waals surface area contributed by atoms with E-state index in [1.165, 1.54) is 6.07 Å². The van der Waals surface area contributed by atoms with Crippen LogP contribution in [0.2, 0.25) is 15.1 Å². The SMILES string of the molecule is Cc1c(Cl)ccc2c1NC(=O)[C@@]21[C@@H]2C(=O)N(c3ccc(Cl)cc3Cl)C(=O)[C@H]2[C@H]2CCCN21. The first kappa shape index (κ1) is 20.5. The van der Waals surface area contributed by atoms with Crippen LogP contribution >= 0.6 is 34.8 Å². The van der Waals surface area contributed by atoms with Crippen LogP contribution in [0, 0.1) is 18.8 Å². The molecule has 0 aromatic heterocycles. The van der Waals surface area contributed by atoms with Gasteiger partial charge in [-0.25, -0.2) is 4.90 Å². The van der Waals surface area contributed by atoms with Crippen LogP contribution in [0.25, 0.3) is 0 Å². The molecular formula is C23H18Cl3N3O3. The van der Waals surface area contributed by atoms with E-state index in [-0.39, 0.29) is 22.9 Å². The molecule has 0 radical (unpaired) electrons. The van der Waals surface area contributed by atoms with E-state index in [0.29, 0.717) is 33.5 Å². The molecule has 32 heavy (non-hydrogen) atoms. The normalized spacial score (nSPS) is 30.8. The Balaban J connectivity index is 1.57. The minimum Gasteiger partial charge on any atom is -0.324 e.